The molecule has 0 spiro atoms. The summed E-state index contributed by atoms with van der Waals surface area (Å²) < 4.78 is 38.9. The average Bonchev–Trinajstić information content (AvgIpc) is 3.08. The van der Waals surface area contributed by atoms with Crippen LogP contribution in [0.5, 0.6) is 0 Å². The molecule has 4 rings (SSSR count). The van der Waals surface area contributed by atoms with Gasteiger partial charge in [0.25, 0.3) is 0 Å². The molecule has 9 heteroatoms. The molecular weight excluding hydrogens is 399 g/mol. The Morgan fingerprint density at radius 3 is 2.38 bits per heavy atom. The van der Waals surface area contributed by atoms with Crippen LogP contribution in [-0.4, -0.2) is 15.0 Å². The highest BCUT2D eigenvalue weighted by molar-refractivity contribution is 7.21. The Kier molecular flexibility index (Phi) is 4.83. The lowest BCUT2D eigenvalue weighted by atomic mass is 10.1. The van der Waals surface area contributed by atoms with Gasteiger partial charge in [-0.2, -0.15) is 13.2 Å². The summed E-state index contributed by atoms with van der Waals surface area (Å²) in [5, 5.41) is 6.87. The Balaban J connectivity index is 1.67. The number of benzene rings is 2. The predicted molar refractivity (Wildman–Crippen MR) is 109 cm³/mol. The number of aryl methyl sites for hydroxylation is 2. The van der Waals surface area contributed by atoms with E-state index in [1.54, 1.807) is 6.07 Å². The molecule has 5 nitrogen and oxygen atoms in total. The Hall–Kier alpha value is -3.20. The van der Waals surface area contributed by atoms with Crippen LogP contribution in [0.4, 0.5) is 35.5 Å². The maximum Gasteiger partial charge on any atom is 0.416 e. The second-order valence-electron chi connectivity index (χ2n) is 6.49. The van der Waals surface area contributed by atoms with E-state index in [1.165, 1.54) is 23.7 Å². The fourth-order valence-corrected chi connectivity index (χ4v) is 3.74. The van der Waals surface area contributed by atoms with E-state index in [0.29, 0.717) is 21.3 Å². The molecule has 2 N–H and O–H groups in total. The zero-order valence-electron chi connectivity index (χ0n) is 15.5. The number of thiazole rings is 1. The molecule has 0 aliphatic rings. The summed E-state index contributed by atoms with van der Waals surface area (Å²) in [5.74, 6) is 0.347. The highest BCUT2D eigenvalue weighted by atomic mass is 32.1. The normalized spacial score (nSPS) is 11.6. The third-order valence-electron chi connectivity index (χ3n) is 4.36. The number of fused-ring (bicyclic) bond motifs is 1. The summed E-state index contributed by atoms with van der Waals surface area (Å²) in [6.45, 7) is 4.01. The molecule has 0 aliphatic carbocycles. The molecule has 0 saturated carbocycles. The zero-order chi connectivity index (χ0) is 20.6. The first kappa shape index (κ1) is 19.1. The topological polar surface area (TPSA) is 62.7 Å². The van der Waals surface area contributed by atoms with Crippen molar-refractivity contribution in [2.75, 3.05) is 10.6 Å². The molecule has 2 aromatic heterocycles. The molecule has 2 heterocycles. The van der Waals surface area contributed by atoms with Crippen molar-refractivity contribution in [1.29, 1.82) is 0 Å². The minimum atomic E-state index is -4.41. The maximum absolute atomic E-state index is 13.0. The number of alkyl halides is 3. The van der Waals surface area contributed by atoms with Gasteiger partial charge in [0.05, 0.1) is 5.56 Å². The van der Waals surface area contributed by atoms with Crippen molar-refractivity contribution in [2.45, 2.75) is 20.0 Å². The summed E-state index contributed by atoms with van der Waals surface area (Å²) in [6.07, 6.45) is -3.05. The Labute approximate surface area is 168 Å². The molecule has 29 heavy (non-hydrogen) atoms. The van der Waals surface area contributed by atoms with E-state index in [9.17, 15) is 13.2 Å². The number of hydrogen-bond acceptors (Lipinski definition) is 6. The molecule has 0 saturated heterocycles. The van der Waals surface area contributed by atoms with E-state index in [1.807, 2.05) is 32.0 Å². The fourth-order valence-electron chi connectivity index (χ4n) is 2.93. The lowest BCUT2D eigenvalue weighted by Crippen LogP contribution is -2.05. The second kappa shape index (κ2) is 7.32. The number of rotatable bonds is 4. The Morgan fingerprint density at radius 1 is 0.931 bits per heavy atom. The van der Waals surface area contributed by atoms with Crippen molar-refractivity contribution < 1.29 is 13.2 Å². The molecule has 148 valence electrons. The van der Waals surface area contributed by atoms with Gasteiger partial charge in [-0.1, -0.05) is 35.6 Å². The number of para-hydroxylation sites is 1. The molecule has 0 radical (unpaired) electrons. The third-order valence-corrected chi connectivity index (χ3v) is 5.24. The largest absolute Gasteiger partial charge is 0.416 e. The van der Waals surface area contributed by atoms with Crippen LogP contribution in [-0.2, 0) is 6.18 Å². The summed E-state index contributed by atoms with van der Waals surface area (Å²) >= 11 is 1.35. The molecular formula is C20H16F3N5S. The molecule has 0 aliphatic heterocycles. The van der Waals surface area contributed by atoms with E-state index >= 15 is 0 Å². The lowest BCUT2D eigenvalue weighted by molar-refractivity contribution is -0.137. The summed E-state index contributed by atoms with van der Waals surface area (Å²) in [7, 11) is 0. The number of nitrogens with one attached hydrogen (secondary N) is 2. The van der Waals surface area contributed by atoms with Crippen molar-refractivity contribution in [3.8, 4) is 0 Å². The van der Waals surface area contributed by atoms with E-state index in [0.717, 1.165) is 28.9 Å². The predicted octanol–water partition coefficient (Wildman–Crippen LogP) is 6.21. The number of aromatic nitrogens is 3. The Bertz CT molecular complexity index is 1170. The maximum atomic E-state index is 13.0. The van der Waals surface area contributed by atoms with Gasteiger partial charge in [-0.15, -0.1) is 0 Å². The summed E-state index contributed by atoms with van der Waals surface area (Å²) in [4.78, 5) is 13.6. The van der Waals surface area contributed by atoms with Crippen LogP contribution < -0.4 is 10.6 Å². The van der Waals surface area contributed by atoms with Crippen LogP contribution in [0.2, 0.25) is 0 Å². The highest BCUT2D eigenvalue weighted by Crippen LogP contribution is 2.34. The van der Waals surface area contributed by atoms with Gasteiger partial charge < -0.3 is 10.6 Å². The van der Waals surface area contributed by atoms with Gasteiger partial charge >= 0.3 is 6.18 Å². The smallest absolute Gasteiger partial charge is 0.338 e. The zero-order valence-corrected chi connectivity index (χ0v) is 16.3. The first-order valence-electron chi connectivity index (χ1n) is 8.70. The molecule has 0 unspecified atom stereocenters. The number of halogens is 3. The molecule has 4 aromatic rings. The van der Waals surface area contributed by atoms with Crippen molar-refractivity contribution in [3.05, 3.63) is 65.5 Å². The molecule has 0 bridgehead atoms. The third kappa shape index (κ3) is 4.00. The van der Waals surface area contributed by atoms with Gasteiger partial charge in [0, 0.05) is 11.4 Å². The van der Waals surface area contributed by atoms with Crippen molar-refractivity contribution >= 4 is 44.0 Å². The number of hydrogen-bond donors (Lipinski definition) is 2. The van der Waals surface area contributed by atoms with Crippen molar-refractivity contribution in [3.63, 3.8) is 0 Å². The van der Waals surface area contributed by atoms with Gasteiger partial charge in [-0.25, -0.2) is 15.0 Å². The van der Waals surface area contributed by atoms with E-state index in [4.69, 9.17) is 0 Å². The van der Waals surface area contributed by atoms with Gasteiger partial charge in [-0.05, 0) is 43.2 Å². The summed E-state index contributed by atoms with van der Waals surface area (Å²) in [6, 6.07) is 10.9. The first-order chi connectivity index (χ1) is 13.8. The average molecular weight is 415 g/mol. The molecule has 0 atom stereocenters. The van der Waals surface area contributed by atoms with E-state index in [2.05, 4.69) is 25.6 Å². The van der Waals surface area contributed by atoms with Crippen LogP contribution in [0.3, 0.4) is 0 Å². The first-order valence-corrected chi connectivity index (χ1v) is 9.52. The van der Waals surface area contributed by atoms with Crippen LogP contribution in [0.15, 0.2) is 48.8 Å². The van der Waals surface area contributed by atoms with Crippen molar-refractivity contribution in [1.82, 2.24) is 15.0 Å². The second-order valence-corrected chi connectivity index (χ2v) is 7.47. The van der Waals surface area contributed by atoms with E-state index in [-0.39, 0.29) is 5.69 Å². The number of anilines is 4. The van der Waals surface area contributed by atoms with Crippen LogP contribution in [0, 0.1) is 13.8 Å². The van der Waals surface area contributed by atoms with E-state index < -0.39 is 11.7 Å². The standard InChI is InChI=1S/C20H16F3N5S/c1-11-5-3-6-12(2)15(11)27-19-28-16-17(24-10-25-18(16)29-19)26-14-8-4-7-13(9-14)20(21,22)23/h3-10H,1-2H3,(H,27,28)(H,24,25,26). The molecule has 0 fully saturated rings. The lowest BCUT2D eigenvalue weighted by Gasteiger charge is -2.10. The minimum Gasteiger partial charge on any atom is -0.338 e. The van der Waals surface area contributed by atoms with Crippen molar-refractivity contribution in [2.24, 2.45) is 0 Å². The number of nitrogens with zero attached hydrogens (tertiary/aromatic N) is 3. The SMILES string of the molecule is Cc1cccc(C)c1Nc1nc2c(Nc3cccc(C(F)(F)F)c3)ncnc2s1. The quantitative estimate of drug-likeness (QED) is 0.415. The minimum absolute atomic E-state index is 0.275. The van der Waals surface area contributed by atoms with Gasteiger partial charge in [-0.3, -0.25) is 0 Å². The van der Waals surface area contributed by atoms with Crippen LogP contribution in [0.1, 0.15) is 16.7 Å². The van der Waals surface area contributed by atoms with Gasteiger partial charge in [0.1, 0.15) is 11.8 Å². The van der Waals surface area contributed by atoms with Crippen LogP contribution >= 0.6 is 11.3 Å². The van der Waals surface area contributed by atoms with Crippen LogP contribution in [0.25, 0.3) is 10.3 Å². The fraction of sp³-hybridized carbons (Fsp3) is 0.150. The van der Waals surface area contributed by atoms with Gasteiger partial charge in [0.15, 0.2) is 15.8 Å². The molecule has 0 amide bonds. The molecule has 2 aromatic carbocycles. The monoisotopic (exact) mass is 415 g/mol. The Morgan fingerprint density at radius 2 is 1.66 bits per heavy atom. The summed E-state index contributed by atoms with van der Waals surface area (Å²) in [5.41, 5.74) is 3.16. The van der Waals surface area contributed by atoms with Gasteiger partial charge in [0.2, 0.25) is 0 Å². The highest BCUT2D eigenvalue weighted by Gasteiger charge is 2.30.